The number of fused-ring (bicyclic) bond motifs is 3. The van der Waals surface area contributed by atoms with Crippen LogP contribution >= 0.6 is 0 Å². The molecule has 2 saturated heterocycles. The van der Waals surface area contributed by atoms with Crippen molar-refractivity contribution in [2.45, 2.75) is 68.8 Å². The molecule has 9 heteroatoms. The Hall–Kier alpha value is -1.33. The molecular formula is C21H30O9. The number of aliphatic hydroxyl groups excluding tert-OH is 5. The maximum atomic E-state index is 12.2. The van der Waals surface area contributed by atoms with E-state index in [1.165, 1.54) is 0 Å². The average Bonchev–Trinajstić information content (AvgIpc) is 3.15. The first-order valence-electron chi connectivity index (χ1n) is 10.4. The topological polar surface area (TPSA) is 146 Å². The van der Waals surface area contributed by atoms with Gasteiger partial charge in [0.15, 0.2) is 6.29 Å². The van der Waals surface area contributed by atoms with Crippen molar-refractivity contribution < 1.29 is 44.5 Å². The minimum Gasteiger partial charge on any atom is -0.461 e. The highest BCUT2D eigenvalue weighted by Gasteiger charge is 2.57. The monoisotopic (exact) mass is 426 g/mol. The first kappa shape index (κ1) is 21.9. The number of carbonyl (C=O) groups is 1. The Bertz CT molecular complexity index is 721. The number of hydrogen-bond acceptors (Lipinski definition) is 9. The van der Waals surface area contributed by atoms with Gasteiger partial charge in [0.2, 0.25) is 0 Å². The van der Waals surface area contributed by atoms with E-state index in [2.05, 4.69) is 13.2 Å². The highest BCUT2D eigenvalue weighted by molar-refractivity contribution is 5.75. The fourth-order valence-electron chi connectivity index (χ4n) is 5.43. The van der Waals surface area contributed by atoms with Crippen LogP contribution in [0.4, 0.5) is 0 Å². The largest absolute Gasteiger partial charge is 0.461 e. The van der Waals surface area contributed by atoms with Crippen molar-refractivity contribution in [3.8, 4) is 0 Å². The zero-order valence-electron chi connectivity index (χ0n) is 16.8. The third-order valence-electron chi connectivity index (χ3n) is 7.33. The molecule has 0 aromatic rings. The summed E-state index contributed by atoms with van der Waals surface area (Å²) >= 11 is 0. The summed E-state index contributed by atoms with van der Waals surface area (Å²) < 4.78 is 17.1. The smallest absolute Gasteiger partial charge is 0.309 e. The van der Waals surface area contributed by atoms with Crippen molar-refractivity contribution >= 4 is 5.97 Å². The average molecular weight is 426 g/mol. The number of aliphatic hydroxyl groups is 5. The summed E-state index contributed by atoms with van der Waals surface area (Å²) in [5, 5.41) is 50.3. The molecule has 2 heterocycles. The van der Waals surface area contributed by atoms with Gasteiger partial charge in [0.05, 0.1) is 24.7 Å². The molecule has 0 unspecified atom stereocenters. The third kappa shape index (κ3) is 3.33. The first-order valence-corrected chi connectivity index (χ1v) is 10.4. The van der Waals surface area contributed by atoms with E-state index in [1.807, 2.05) is 0 Å². The van der Waals surface area contributed by atoms with E-state index < -0.39 is 55.6 Å². The Kier molecular flexibility index (Phi) is 5.82. The standard InChI is InChI=1S/C21H30O9/c1-7-10-5-13(28-21-18(26)17(25)16(24)14(6-22)29-21)9(3)15(10)19-11(4-12(7)23)8(2)20(27)30-19/h8,10-19,21-26H,1,3-6H2,2H3/t8-,10-,11-,12+,13-,14+,15-,16+,17-,18-,19-,21+/m0/s1. The van der Waals surface area contributed by atoms with Gasteiger partial charge in [-0.2, -0.15) is 0 Å². The normalized spacial score (nSPS) is 51.3. The van der Waals surface area contributed by atoms with E-state index in [9.17, 15) is 30.3 Å². The van der Waals surface area contributed by atoms with Gasteiger partial charge in [-0.3, -0.25) is 4.79 Å². The molecule has 0 aromatic heterocycles. The van der Waals surface area contributed by atoms with E-state index in [0.29, 0.717) is 24.0 Å². The summed E-state index contributed by atoms with van der Waals surface area (Å²) in [6.07, 6.45) is -7.94. The van der Waals surface area contributed by atoms with Gasteiger partial charge in [0.1, 0.15) is 30.5 Å². The fourth-order valence-corrected chi connectivity index (χ4v) is 5.43. The summed E-state index contributed by atoms with van der Waals surface area (Å²) in [7, 11) is 0. The molecule has 5 N–H and O–H groups in total. The van der Waals surface area contributed by atoms with Gasteiger partial charge >= 0.3 is 5.97 Å². The second-order valence-corrected chi connectivity index (χ2v) is 8.95. The van der Waals surface area contributed by atoms with Gasteiger partial charge in [-0.15, -0.1) is 0 Å². The van der Waals surface area contributed by atoms with Crippen LogP contribution in [0.3, 0.4) is 0 Å². The molecule has 0 amide bonds. The van der Waals surface area contributed by atoms with E-state index >= 15 is 0 Å². The van der Waals surface area contributed by atoms with Crippen LogP contribution in [-0.4, -0.2) is 87.1 Å². The Morgan fingerprint density at radius 1 is 1.07 bits per heavy atom. The van der Waals surface area contributed by atoms with Crippen LogP contribution in [0.5, 0.6) is 0 Å². The molecule has 2 aliphatic carbocycles. The lowest BCUT2D eigenvalue weighted by molar-refractivity contribution is -0.308. The Morgan fingerprint density at radius 3 is 2.43 bits per heavy atom. The second kappa shape index (κ2) is 7.98. The van der Waals surface area contributed by atoms with E-state index in [-0.39, 0.29) is 29.6 Å². The first-order chi connectivity index (χ1) is 14.1. The van der Waals surface area contributed by atoms with Crippen molar-refractivity contribution in [2.75, 3.05) is 6.61 Å². The summed E-state index contributed by atoms with van der Waals surface area (Å²) in [4.78, 5) is 12.2. The fraction of sp³-hybridized carbons (Fsp3) is 0.762. The number of esters is 1. The molecule has 0 aromatic carbocycles. The van der Waals surface area contributed by atoms with Crippen molar-refractivity contribution in [1.82, 2.24) is 0 Å². The van der Waals surface area contributed by atoms with Gasteiger partial charge < -0.3 is 39.7 Å². The molecule has 4 aliphatic rings. The van der Waals surface area contributed by atoms with Crippen LogP contribution in [0, 0.1) is 23.7 Å². The molecule has 0 radical (unpaired) electrons. The molecule has 4 fully saturated rings. The van der Waals surface area contributed by atoms with Crippen LogP contribution in [-0.2, 0) is 19.0 Å². The highest BCUT2D eigenvalue weighted by atomic mass is 16.7. The third-order valence-corrected chi connectivity index (χ3v) is 7.33. The van der Waals surface area contributed by atoms with E-state index in [0.717, 1.165) is 0 Å². The number of carbonyl (C=O) groups excluding carboxylic acids is 1. The van der Waals surface area contributed by atoms with Crippen molar-refractivity contribution in [1.29, 1.82) is 0 Å². The molecular weight excluding hydrogens is 396 g/mol. The Labute approximate surface area is 174 Å². The minimum absolute atomic E-state index is 0.165. The van der Waals surface area contributed by atoms with Gasteiger partial charge in [-0.05, 0) is 29.9 Å². The quantitative estimate of drug-likeness (QED) is 0.279. The van der Waals surface area contributed by atoms with Crippen molar-refractivity contribution in [3.63, 3.8) is 0 Å². The molecule has 168 valence electrons. The van der Waals surface area contributed by atoms with Crippen LogP contribution < -0.4 is 0 Å². The Balaban J connectivity index is 1.56. The Morgan fingerprint density at radius 2 is 1.77 bits per heavy atom. The van der Waals surface area contributed by atoms with E-state index in [1.54, 1.807) is 6.92 Å². The molecule has 12 atom stereocenters. The molecule has 0 spiro atoms. The second-order valence-electron chi connectivity index (χ2n) is 8.95. The lowest BCUT2D eigenvalue weighted by atomic mass is 9.80. The summed E-state index contributed by atoms with van der Waals surface area (Å²) in [5.74, 6) is -1.31. The van der Waals surface area contributed by atoms with Crippen LogP contribution in [0.1, 0.15) is 19.8 Å². The van der Waals surface area contributed by atoms with Gasteiger partial charge in [0.25, 0.3) is 0 Å². The number of rotatable bonds is 3. The van der Waals surface area contributed by atoms with Crippen LogP contribution in [0.25, 0.3) is 0 Å². The van der Waals surface area contributed by atoms with Crippen molar-refractivity contribution in [3.05, 3.63) is 24.3 Å². The minimum atomic E-state index is -1.54. The molecule has 30 heavy (non-hydrogen) atoms. The van der Waals surface area contributed by atoms with Crippen LogP contribution in [0.2, 0.25) is 0 Å². The van der Waals surface area contributed by atoms with Crippen molar-refractivity contribution in [2.24, 2.45) is 23.7 Å². The SMILES string of the molecule is C=C1[C@@H]2[C@H]3OC(=O)[C@@H](C)[C@@H]3C[C@@H](O)C(=C)[C@@H]2C[C@@H]1O[C@@H]1O[C@H](CO)[C@@H](O)[C@H](O)[C@@H]1O. The summed E-state index contributed by atoms with van der Waals surface area (Å²) in [6.45, 7) is 9.47. The molecule has 0 bridgehead atoms. The number of hydrogen-bond donors (Lipinski definition) is 5. The zero-order valence-corrected chi connectivity index (χ0v) is 16.8. The van der Waals surface area contributed by atoms with Gasteiger partial charge in [-0.1, -0.05) is 20.1 Å². The summed E-state index contributed by atoms with van der Waals surface area (Å²) in [6, 6.07) is 0. The highest BCUT2D eigenvalue weighted by Crippen LogP contribution is 2.53. The maximum absolute atomic E-state index is 12.2. The zero-order chi connectivity index (χ0) is 21.9. The molecule has 9 nitrogen and oxygen atoms in total. The lowest BCUT2D eigenvalue weighted by Gasteiger charge is -2.40. The maximum Gasteiger partial charge on any atom is 0.309 e. The molecule has 2 saturated carbocycles. The summed E-state index contributed by atoms with van der Waals surface area (Å²) in [5.41, 5.74) is 1.28. The lowest BCUT2D eigenvalue weighted by Crippen LogP contribution is -2.59. The predicted molar refractivity (Wildman–Crippen MR) is 102 cm³/mol. The molecule has 2 aliphatic heterocycles. The molecule has 4 rings (SSSR count). The van der Waals surface area contributed by atoms with Gasteiger partial charge in [-0.25, -0.2) is 0 Å². The van der Waals surface area contributed by atoms with E-state index in [4.69, 9.17) is 14.2 Å². The predicted octanol–water partition coefficient (Wildman–Crippen LogP) is -1.14. The van der Waals surface area contributed by atoms with Gasteiger partial charge in [0, 0.05) is 11.8 Å². The van der Waals surface area contributed by atoms with Crippen LogP contribution in [0.15, 0.2) is 24.3 Å². The number of ether oxygens (including phenoxy) is 3.